The summed E-state index contributed by atoms with van der Waals surface area (Å²) in [6.45, 7) is 16.8. The molecular formula is C36H40S2. The normalized spacial score (nSPS) is 18.5. The summed E-state index contributed by atoms with van der Waals surface area (Å²) >= 11 is 3.81. The van der Waals surface area contributed by atoms with Crippen molar-refractivity contribution in [2.24, 2.45) is 10.8 Å². The Bertz CT molecular complexity index is 1550. The van der Waals surface area contributed by atoms with Crippen LogP contribution in [0.15, 0.2) is 75.4 Å². The molecule has 0 radical (unpaired) electrons. The minimum atomic E-state index is 0.0776. The predicted octanol–water partition coefficient (Wildman–Crippen LogP) is 11.1. The SMILES string of the molecule is CSc1cc2c(C)cc3c(c2cc1Sc1c(C)cccc1C)-c1ccccc1C31CC(C)(C)CC(C)(C)C1. The summed E-state index contributed by atoms with van der Waals surface area (Å²) < 4.78 is 0. The van der Waals surface area contributed by atoms with Gasteiger partial charge in [0.1, 0.15) is 0 Å². The zero-order valence-electron chi connectivity index (χ0n) is 24.2. The first-order chi connectivity index (χ1) is 17.9. The number of thioether (sulfide) groups is 1. The zero-order chi connectivity index (χ0) is 27.0. The van der Waals surface area contributed by atoms with E-state index in [1.54, 1.807) is 11.1 Å². The van der Waals surface area contributed by atoms with Crippen molar-refractivity contribution in [1.29, 1.82) is 0 Å². The number of fused-ring (bicyclic) bond motifs is 7. The number of benzene rings is 4. The lowest BCUT2D eigenvalue weighted by Crippen LogP contribution is -2.43. The van der Waals surface area contributed by atoms with E-state index < -0.39 is 0 Å². The summed E-state index contributed by atoms with van der Waals surface area (Å²) in [5.41, 5.74) is 10.9. The number of rotatable bonds is 3. The lowest BCUT2D eigenvalue weighted by molar-refractivity contribution is 0.0646. The molecule has 2 aliphatic carbocycles. The molecule has 1 fully saturated rings. The smallest absolute Gasteiger partial charge is 0.0265 e. The summed E-state index contributed by atoms with van der Waals surface area (Å²) in [5.74, 6) is 0. The van der Waals surface area contributed by atoms with Crippen LogP contribution in [0.3, 0.4) is 0 Å². The topological polar surface area (TPSA) is 0 Å². The summed E-state index contributed by atoms with van der Waals surface area (Å²) in [4.78, 5) is 4.13. The molecule has 6 rings (SSSR count). The summed E-state index contributed by atoms with van der Waals surface area (Å²) in [6, 6.07) is 23.6. The molecule has 4 aromatic rings. The van der Waals surface area contributed by atoms with E-state index in [0.29, 0.717) is 10.8 Å². The van der Waals surface area contributed by atoms with Gasteiger partial charge in [0.15, 0.2) is 0 Å². The van der Waals surface area contributed by atoms with Crippen LogP contribution in [0.5, 0.6) is 0 Å². The Morgan fingerprint density at radius 1 is 0.632 bits per heavy atom. The molecule has 0 unspecified atom stereocenters. The lowest BCUT2D eigenvalue weighted by atomic mass is 9.52. The Hall–Kier alpha value is -2.16. The van der Waals surface area contributed by atoms with Crippen molar-refractivity contribution in [1.82, 2.24) is 0 Å². The van der Waals surface area contributed by atoms with Crippen LogP contribution in [-0.4, -0.2) is 6.26 Å². The highest BCUT2D eigenvalue weighted by molar-refractivity contribution is 8.02. The lowest BCUT2D eigenvalue weighted by Gasteiger charge is -2.51. The molecule has 0 nitrogen and oxygen atoms in total. The molecule has 0 aliphatic heterocycles. The molecular weight excluding hydrogens is 497 g/mol. The predicted molar refractivity (Wildman–Crippen MR) is 168 cm³/mol. The second-order valence-electron chi connectivity index (χ2n) is 13.5. The number of hydrogen-bond donors (Lipinski definition) is 0. The summed E-state index contributed by atoms with van der Waals surface area (Å²) in [7, 11) is 0. The maximum absolute atomic E-state index is 2.57. The van der Waals surface area contributed by atoms with Crippen molar-refractivity contribution in [3.63, 3.8) is 0 Å². The molecule has 0 saturated heterocycles. The second-order valence-corrected chi connectivity index (χ2v) is 15.4. The minimum Gasteiger partial charge on any atom is -0.128 e. The van der Waals surface area contributed by atoms with Gasteiger partial charge in [-0.15, -0.1) is 11.8 Å². The molecule has 2 aliphatic rings. The maximum Gasteiger partial charge on any atom is 0.0265 e. The third-order valence-corrected chi connectivity index (χ3v) is 11.3. The monoisotopic (exact) mass is 536 g/mol. The third-order valence-electron chi connectivity index (χ3n) is 8.99. The van der Waals surface area contributed by atoms with Crippen LogP contribution >= 0.6 is 23.5 Å². The van der Waals surface area contributed by atoms with Crippen molar-refractivity contribution in [2.75, 3.05) is 6.26 Å². The van der Waals surface area contributed by atoms with Gasteiger partial charge in [-0.3, -0.25) is 0 Å². The Labute approximate surface area is 238 Å². The van der Waals surface area contributed by atoms with Crippen LogP contribution in [0.4, 0.5) is 0 Å². The highest BCUT2D eigenvalue weighted by Crippen LogP contribution is 2.64. The summed E-state index contributed by atoms with van der Waals surface area (Å²) in [6.07, 6.45) is 5.92. The van der Waals surface area contributed by atoms with Gasteiger partial charge in [0, 0.05) is 20.1 Å². The van der Waals surface area contributed by atoms with Crippen LogP contribution in [0, 0.1) is 31.6 Å². The molecule has 0 N–H and O–H groups in total. The molecule has 38 heavy (non-hydrogen) atoms. The minimum absolute atomic E-state index is 0.0776. The van der Waals surface area contributed by atoms with Crippen molar-refractivity contribution in [3.8, 4) is 11.1 Å². The van der Waals surface area contributed by atoms with E-state index in [1.807, 2.05) is 23.5 Å². The van der Waals surface area contributed by atoms with Gasteiger partial charge in [-0.1, -0.05) is 88.0 Å². The van der Waals surface area contributed by atoms with Crippen LogP contribution in [0.1, 0.15) is 74.8 Å². The second kappa shape index (κ2) is 8.93. The number of aryl methyl sites for hydroxylation is 3. The molecule has 1 saturated carbocycles. The van der Waals surface area contributed by atoms with Crippen molar-refractivity contribution in [3.05, 3.63) is 88.5 Å². The molecule has 0 bridgehead atoms. The fraction of sp³-hybridized carbons (Fsp3) is 0.389. The molecule has 0 aromatic heterocycles. The van der Waals surface area contributed by atoms with E-state index in [1.165, 1.54) is 72.5 Å². The van der Waals surface area contributed by atoms with E-state index in [4.69, 9.17) is 0 Å². The fourth-order valence-corrected chi connectivity index (χ4v) is 10.2. The van der Waals surface area contributed by atoms with Gasteiger partial charge in [0.05, 0.1) is 0 Å². The van der Waals surface area contributed by atoms with E-state index >= 15 is 0 Å². The molecule has 4 aromatic carbocycles. The van der Waals surface area contributed by atoms with Crippen molar-refractivity contribution >= 4 is 34.3 Å². The first-order valence-corrected chi connectivity index (χ1v) is 16.0. The average molecular weight is 537 g/mol. The average Bonchev–Trinajstić information content (AvgIpc) is 3.07. The molecule has 0 amide bonds. The van der Waals surface area contributed by atoms with Crippen LogP contribution in [-0.2, 0) is 5.41 Å². The highest BCUT2D eigenvalue weighted by atomic mass is 32.2. The zero-order valence-corrected chi connectivity index (χ0v) is 25.8. The van der Waals surface area contributed by atoms with E-state index in [0.717, 1.165) is 0 Å². The Balaban J connectivity index is 1.65. The van der Waals surface area contributed by atoms with Crippen LogP contribution < -0.4 is 0 Å². The van der Waals surface area contributed by atoms with E-state index in [9.17, 15) is 0 Å². The van der Waals surface area contributed by atoms with Gasteiger partial charge in [-0.2, -0.15) is 0 Å². The molecule has 196 valence electrons. The van der Waals surface area contributed by atoms with Crippen LogP contribution in [0.25, 0.3) is 21.9 Å². The Kier molecular flexibility index (Phi) is 6.13. The van der Waals surface area contributed by atoms with E-state index in [-0.39, 0.29) is 5.41 Å². The van der Waals surface area contributed by atoms with E-state index in [2.05, 4.69) is 115 Å². The van der Waals surface area contributed by atoms with Gasteiger partial charge >= 0.3 is 0 Å². The molecule has 2 heteroatoms. The first kappa shape index (κ1) is 26.1. The Morgan fingerprint density at radius 2 is 1.26 bits per heavy atom. The van der Waals surface area contributed by atoms with Gasteiger partial charge in [0.25, 0.3) is 0 Å². The van der Waals surface area contributed by atoms with Crippen LogP contribution in [0.2, 0.25) is 0 Å². The standard InChI is InChI=1S/C36H40S2/c1-22-12-11-13-23(2)33(22)38-31-18-27-26(17-30(31)37-8)24(3)16-29-32(27)25-14-9-10-15-28(25)36(29)20-34(4,5)19-35(6,7)21-36/h9-18H,19-21H2,1-8H3. The molecule has 0 heterocycles. The largest absolute Gasteiger partial charge is 0.128 e. The third kappa shape index (κ3) is 4.06. The summed E-state index contributed by atoms with van der Waals surface area (Å²) in [5, 5.41) is 2.83. The highest BCUT2D eigenvalue weighted by Gasteiger charge is 2.53. The molecule has 0 atom stereocenters. The first-order valence-electron chi connectivity index (χ1n) is 13.9. The van der Waals surface area contributed by atoms with Crippen molar-refractivity contribution < 1.29 is 0 Å². The molecule has 1 spiro atoms. The quantitative estimate of drug-likeness (QED) is 0.239. The Morgan fingerprint density at radius 3 is 1.92 bits per heavy atom. The van der Waals surface area contributed by atoms with Gasteiger partial charge < -0.3 is 0 Å². The van der Waals surface area contributed by atoms with Gasteiger partial charge in [-0.25, -0.2) is 0 Å². The number of hydrogen-bond acceptors (Lipinski definition) is 2. The van der Waals surface area contributed by atoms with Crippen molar-refractivity contribution in [2.45, 2.75) is 87.8 Å². The fourth-order valence-electron chi connectivity index (χ4n) is 8.34. The van der Waals surface area contributed by atoms with Gasteiger partial charge in [-0.05, 0) is 119 Å². The maximum atomic E-state index is 2.57. The van der Waals surface area contributed by atoms with Gasteiger partial charge in [0.2, 0.25) is 0 Å².